The van der Waals surface area contributed by atoms with Crippen LogP contribution in [0.5, 0.6) is 0 Å². The zero-order valence-electron chi connectivity index (χ0n) is 38.4. The number of rotatable bonds is 46. The molecule has 0 aromatic rings. The number of carbonyl (C=O) groups excluding carboxylic acids is 3. The lowest BCUT2D eigenvalue weighted by Gasteiger charge is -2.18. The Morgan fingerprint density at radius 2 is 0.579 bits per heavy atom. The Labute approximate surface area is 354 Å². The molecule has 0 amide bonds. The van der Waals surface area contributed by atoms with Crippen molar-refractivity contribution in [2.45, 2.75) is 284 Å². The number of carbonyl (C=O) groups is 3. The highest BCUT2D eigenvalue weighted by Gasteiger charge is 2.19. The summed E-state index contributed by atoms with van der Waals surface area (Å²) in [6.45, 7) is 6.63. The van der Waals surface area contributed by atoms with Crippen molar-refractivity contribution < 1.29 is 28.6 Å². The quantitative estimate of drug-likeness (QED) is 0.0264. The average molecular weight is 805 g/mol. The van der Waals surface area contributed by atoms with Crippen molar-refractivity contribution in [3.05, 3.63) is 12.2 Å². The minimum absolute atomic E-state index is 0.0683. The maximum Gasteiger partial charge on any atom is 0.306 e. The number of ether oxygens (including phenoxy) is 3. The molecule has 6 nitrogen and oxygen atoms in total. The van der Waals surface area contributed by atoms with Gasteiger partial charge in [-0.15, -0.1) is 0 Å². The molecule has 0 N–H and O–H groups in total. The summed E-state index contributed by atoms with van der Waals surface area (Å²) in [7, 11) is 0. The molecule has 0 bridgehead atoms. The standard InChI is InChI=1S/C51H96O6/c1-4-7-10-13-16-19-22-24-25-26-27-30-32-35-38-41-44-50(53)56-47-48(46-55-49(52)43-40-37-34-31-28-21-18-15-12-9-6-3)57-51(54)45-42-39-36-33-29-23-20-17-14-11-8-5-2/h17,20,48H,4-16,18-19,21-47H2,1-3H3/b20-17-. The minimum atomic E-state index is -0.766. The first-order valence-electron chi connectivity index (χ1n) is 25.2. The highest BCUT2D eigenvalue weighted by Crippen LogP contribution is 2.16. The van der Waals surface area contributed by atoms with Crippen molar-refractivity contribution >= 4 is 17.9 Å². The summed E-state index contributed by atoms with van der Waals surface area (Å²) in [5.41, 5.74) is 0. The van der Waals surface area contributed by atoms with Crippen LogP contribution in [0.4, 0.5) is 0 Å². The van der Waals surface area contributed by atoms with Crippen molar-refractivity contribution in [3.63, 3.8) is 0 Å². The Hall–Kier alpha value is -1.85. The van der Waals surface area contributed by atoms with Crippen molar-refractivity contribution in [1.29, 1.82) is 0 Å². The van der Waals surface area contributed by atoms with E-state index in [0.29, 0.717) is 19.3 Å². The summed E-state index contributed by atoms with van der Waals surface area (Å²) in [6, 6.07) is 0. The normalized spacial score (nSPS) is 12.0. The van der Waals surface area contributed by atoms with Crippen molar-refractivity contribution in [1.82, 2.24) is 0 Å². The molecule has 0 aromatic carbocycles. The van der Waals surface area contributed by atoms with Crippen molar-refractivity contribution in [2.24, 2.45) is 0 Å². The van der Waals surface area contributed by atoms with Gasteiger partial charge in [0, 0.05) is 19.3 Å². The number of unbranched alkanes of at least 4 members (excludes halogenated alkanes) is 33. The van der Waals surface area contributed by atoms with E-state index in [1.165, 1.54) is 173 Å². The van der Waals surface area contributed by atoms with Crippen LogP contribution in [0.15, 0.2) is 12.2 Å². The third-order valence-electron chi connectivity index (χ3n) is 11.3. The van der Waals surface area contributed by atoms with E-state index in [2.05, 4.69) is 32.9 Å². The number of hydrogen-bond acceptors (Lipinski definition) is 6. The molecule has 0 aliphatic carbocycles. The van der Waals surface area contributed by atoms with Gasteiger partial charge in [-0.2, -0.15) is 0 Å². The van der Waals surface area contributed by atoms with Gasteiger partial charge in [-0.05, 0) is 44.9 Å². The molecule has 57 heavy (non-hydrogen) atoms. The molecule has 336 valence electrons. The lowest BCUT2D eigenvalue weighted by molar-refractivity contribution is -0.167. The van der Waals surface area contributed by atoms with E-state index in [1.807, 2.05) is 0 Å². The smallest absolute Gasteiger partial charge is 0.306 e. The van der Waals surface area contributed by atoms with E-state index in [1.54, 1.807) is 0 Å². The first-order valence-corrected chi connectivity index (χ1v) is 25.2. The third kappa shape index (κ3) is 45.1. The van der Waals surface area contributed by atoms with Crippen LogP contribution in [0.3, 0.4) is 0 Å². The molecule has 0 radical (unpaired) electrons. The van der Waals surface area contributed by atoms with E-state index >= 15 is 0 Å². The fourth-order valence-electron chi connectivity index (χ4n) is 7.44. The van der Waals surface area contributed by atoms with Gasteiger partial charge < -0.3 is 14.2 Å². The second-order valence-corrected chi connectivity index (χ2v) is 17.1. The van der Waals surface area contributed by atoms with Crippen LogP contribution in [-0.4, -0.2) is 37.2 Å². The van der Waals surface area contributed by atoms with Crippen LogP contribution in [0.1, 0.15) is 278 Å². The Morgan fingerprint density at radius 1 is 0.333 bits per heavy atom. The molecule has 0 aromatic heterocycles. The van der Waals surface area contributed by atoms with E-state index in [4.69, 9.17) is 14.2 Å². The predicted octanol–water partition coefficient (Wildman–Crippen LogP) is 16.2. The lowest BCUT2D eigenvalue weighted by atomic mass is 10.0. The molecule has 0 saturated heterocycles. The molecule has 0 aliphatic rings. The highest BCUT2D eigenvalue weighted by atomic mass is 16.6. The Kier molecular flexibility index (Phi) is 45.3. The molecule has 0 fully saturated rings. The largest absolute Gasteiger partial charge is 0.462 e. The summed E-state index contributed by atoms with van der Waals surface area (Å²) in [4.78, 5) is 37.8. The SMILES string of the molecule is CCCCC/C=C\CCCCCCCC(=O)OC(COC(=O)CCCCCCCCCCCCC)COC(=O)CCCCCCCCCCCCCCCCCC. The fraction of sp³-hybridized carbons (Fsp3) is 0.902. The number of allylic oxidation sites excluding steroid dienone is 2. The second-order valence-electron chi connectivity index (χ2n) is 17.1. The Morgan fingerprint density at radius 3 is 0.912 bits per heavy atom. The highest BCUT2D eigenvalue weighted by molar-refractivity contribution is 5.71. The monoisotopic (exact) mass is 805 g/mol. The number of esters is 3. The van der Waals surface area contributed by atoms with Gasteiger partial charge in [0.15, 0.2) is 6.10 Å². The summed E-state index contributed by atoms with van der Waals surface area (Å²) < 4.78 is 16.8. The lowest BCUT2D eigenvalue weighted by Crippen LogP contribution is -2.30. The molecule has 6 heteroatoms. The average Bonchev–Trinajstić information content (AvgIpc) is 3.21. The van der Waals surface area contributed by atoms with Gasteiger partial charge in [0.25, 0.3) is 0 Å². The molecular weight excluding hydrogens is 709 g/mol. The van der Waals surface area contributed by atoms with Crippen LogP contribution >= 0.6 is 0 Å². The van der Waals surface area contributed by atoms with E-state index < -0.39 is 6.10 Å². The molecule has 0 rings (SSSR count). The van der Waals surface area contributed by atoms with Crippen LogP contribution in [0.2, 0.25) is 0 Å². The zero-order valence-corrected chi connectivity index (χ0v) is 38.4. The topological polar surface area (TPSA) is 78.9 Å². The molecule has 0 heterocycles. The van der Waals surface area contributed by atoms with Gasteiger partial charge in [0.05, 0.1) is 0 Å². The molecular formula is C51H96O6. The second kappa shape index (κ2) is 46.8. The Balaban J connectivity index is 4.30. The maximum absolute atomic E-state index is 12.7. The summed E-state index contributed by atoms with van der Waals surface area (Å²) in [6.07, 6.45) is 50.5. The van der Waals surface area contributed by atoms with Crippen LogP contribution in [0.25, 0.3) is 0 Å². The summed E-state index contributed by atoms with van der Waals surface area (Å²) in [5.74, 6) is -0.864. The molecule has 0 aliphatic heterocycles. The predicted molar refractivity (Wildman–Crippen MR) is 243 cm³/mol. The zero-order chi connectivity index (χ0) is 41.5. The van der Waals surface area contributed by atoms with E-state index in [9.17, 15) is 14.4 Å². The van der Waals surface area contributed by atoms with Crippen LogP contribution in [0, 0.1) is 0 Å². The van der Waals surface area contributed by atoms with Crippen molar-refractivity contribution in [3.8, 4) is 0 Å². The van der Waals surface area contributed by atoms with E-state index in [0.717, 1.165) is 64.2 Å². The number of hydrogen-bond donors (Lipinski definition) is 0. The van der Waals surface area contributed by atoms with Gasteiger partial charge >= 0.3 is 17.9 Å². The van der Waals surface area contributed by atoms with Gasteiger partial charge in [0.2, 0.25) is 0 Å². The molecule has 1 unspecified atom stereocenters. The maximum atomic E-state index is 12.7. The van der Waals surface area contributed by atoms with Gasteiger partial charge in [-0.25, -0.2) is 0 Å². The fourth-order valence-corrected chi connectivity index (χ4v) is 7.44. The summed E-state index contributed by atoms with van der Waals surface area (Å²) in [5, 5.41) is 0. The minimum Gasteiger partial charge on any atom is -0.462 e. The van der Waals surface area contributed by atoms with E-state index in [-0.39, 0.29) is 31.1 Å². The third-order valence-corrected chi connectivity index (χ3v) is 11.3. The molecule has 0 saturated carbocycles. The van der Waals surface area contributed by atoms with Crippen LogP contribution in [-0.2, 0) is 28.6 Å². The van der Waals surface area contributed by atoms with Gasteiger partial charge in [-0.3, -0.25) is 14.4 Å². The van der Waals surface area contributed by atoms with Gasteiger partial charge in [0.1, 0.15) is 13.2 Å². The molecule has 1 atom stereocenters. The van der Waals surface area contributed by atoms with Gasteiger partial charge in [-0.1, -0.05) is 226 Å². The summed E-state index contributed by atoms with van der Waals surface area (Å²) >= 11 is 0. The van der Waals surface area contributed by atoms with Crippen molar-refractivity contribution in [2.75, 3.05) is 13.2 Å². The molecule has 0 spiro atoms. The first kappa shape index (κ1) is 55.2. The van der Waals surface area contributed by atoms with Crippen LogP contribution < -0.4 is 0 Å². The first-order chi connectivity index (χ1) is 28.0. The Bertz CT molecular complexity index is 885.